The Bertz CT molecular complexity index is 821. The van der Waals surface area contributed by atoms with Gasteiger partial charge < -0.3 is 9.88 Å². The van der Waals surface area contributed by atoms with E-state index in [1.807, 2.05) is 11.5 Å². The number of halogens is 1. The van der Waals surface area contributed by atoms with Gasteiger partial charge in [0.1, 0.15) is 11.5 Å². The first-order valence-corrected chi connectivity index (χ1v) is 9.15. The third-order valence-electron chi connectivity index (χ3n) is 3.77. The molecule has 0 spiro atoms. The lowest BCUT2D eigenvalue weighted by Gasteiger charge is -2.08. The van der Waals surface area contributed by atoms with Crippen molar-refractivity contribution in [1.29, 1.82) is 0 Å². The summed E-state index contributed by atoms with van der Waals surface area (Å²) >= 11 is 7.11. The van der Waals surface area contributed by atoms with E-state index in [0.717, 1.165) is 25.2 Å². The van der Waals surface area contributed by atoms with Crippen LogP contribution < -0.4 is 5.32 Å². The van der Waals surface area contributed by atoms with E-state index in [1.165, 1.54) is 30.0 Å². The number of hydrogen-bond acceptors (Lipinski definition) is 6. The minimum absolute atomic E-state index is 0.0759. The number of nitrogens with zero attached hydrogens (tertiary/aromatic N) is 4. The van der Waals surface area contributed by atoms with Gasteiger partial charge in [0, 0.05) is 23.6 Å². The van der Waals surface area contributed by atoms with Crippen LogP contribution in [0.2, 0.25) is 5.02 Å². The van der Waals surface area contributed by atoms with Crippen LogP contribution in [0, 0.1) is 10.1 Å². The van der Waals surface area contributed by atoms with Gasteiger partial charge in [-0.1, -0.05) is 23.4 Å². The second-order valence-corrected chi connectivity index (χ2v) is 6.99. The van der Waals surface area contributed by atoms with Gasteiger partial charge >= 0.3 is 0 Å². The monoisotopic (exact) mass is 381 g/mol. The van der Waals surface area contributed by atoms with Crippen LogP contribution in [-0.2, 0) is 11.3 Å². The number of hydrogen-bond donors (Lipinski definition) is 1. The number of benzene rings is 1. The Labute approximate surface area is 153 Å². The zero-order valence-corrected chi connectivity index (χ0v) is 15.0. The second kappa shape index (κ2) is 7.40. The summed E-state index contributed by atoms with van der Waals surface area (Å²) in [6.45, 7) is 2.75. The van der Waals surface area contributed by atoms with Crippen molar-refractivity contribution in [2.75, 3.05) is 11.1 Å². The van der Waals surface area contributed by atoms with Crippen molar-refractivity contribution in [3.8, 4) is 0 Å². The lowest BCUT2D eigenvalue weighted by molar-refractivity contribution is -0.383. The van der Waals surface area contributed by atoms with Crippen LogP contribution in [0.3, 0.4) is 0 Å². The Morgan fingerprint density at radius 2 is 2.24 bits per heavy atom. The molecule has 1 heterocycles. The van der Waals surface area contributed by atoms with Crippen molar-refractivity contribution < 1.29 is 9.72 Å². The van der Waals surface area contributed by atoms with E-state index < -0.39 is 4.92 Å². The highest BCUT2D eigenvalue weighted by molar-refractivity contribution is 7.99. The molecule has 0 radical (unpaired) electrons. The molecule has 0 bridgehead atoms. The maximum absolute atomic E-state index is 12.2. The van der Waals surface area contributed by atoms with Gasteiger partial charge in [0.15, 0.2) is 5.16 Å². The molecule has 0 aliphatic heterocycles. The van der Waals surface area contributed by atoms with E-state index in [1.54, 1.807) is 0 Å². The molecule has 1 N–H and O–H groups in total. The first kappa shape index (κ1) is 17.7. The summed E-state index contributed by atoms with van der Waals surface area (Å²) in [6, 6.07) is 4.04. The Balaban J connectivity index is 1.66. The molecule has 1 aliphatic rings. The fourth-order valence-electron chi connectivity index (χ4n) is 2.43. The number of amides is 1. The number of carbonyl (C=O) groups excluding carboxylic acids is 1. The van der Waals surface area contributed by atoms with Gasteiger partial charge in [0.2, 0.25) is 5.91 Å². The highest BCUT2D eigenvalue weighted by Crippen LogP contribution is 2.40. The summed E-state index contributed by atoms with van der Waals surface area (Å²) in [6.07, 6.45) is 2.25. The maximum Gasteiger partial charge on any atom is 0.292 e. The fourth-order valence-corrected chi connectivity index (χ4v) is 3.41. The molecule has 1 aromatic heterocycles. The van der Waals surface area contributed by atoms with Crippen LogP contribution >= 0.6 is 23.4 Å². The topological polar surface area (TPSA) is 103 Å². The van der Waals surface area contributed by atoms with Crippen LogP contribution in [0.1, 0.15) is 31.5 Å². The lowest BCUT2D eigenvalue weighted by Crippen LogP contribution is -2.15. The summed E-state index contributed by atoms with van der Waals surface area (Å²) in [4.78, 5) is 22.6. The summed E-state index contributed by atoms with van der Waals surface area (Å²) in [7, 11) is 0. The molecule has 0 atom stereocenters. The van der Waals surface area contributed by atoms with Crippen LogP contribution in [0.15, 0.2) is 23.4 Å². The van der Waals surface area contributed by atoms with Crippen LogP contribution in [0.25, 0.3) is 0 Å². The third kappa shape index (κ3) is 4.10. The quantitative estimate of drug-likeness (QED) is 0.447. The average molecular weight is 382 g/mol. The molecule has 0 unspecified atom stereocenters. The van der Waals surface area contributed by atoms with Gasteiger partial charge in [-0.15, -0.1) is 10.2 Å². The molecule has 25 heavy (non-hydrogen) atoms. The number of rotatable bonds is 7. The number of nitro groups is 1. The Kier molecular flexibility index (Phi) is 5.24. The first-order chi connectivity index (χ1) is 12.0. The molecule has 8 nitrogen and oxygen atoms in total. The zero-order valence-electron chi connectivity index (χ0n) is 13.4. The molecule has 10 heteroatoms. The largest absolute Gasteiger partial charge is 0.320 e. The average Bonchev–Trinajstić information content (AvgIpc) is 3.32. The zero-order chi connectivity index (χ0) is 18.0. The molecule has 2 aromatic rings. The maximum atomic E-state index is 12.2. The second-order valence-electron chi connectivity index (χ2n) is 5.61. The Morgan fingerprint density at radius 1 is 1.48 bits per heavy atom. The number of carbonyl (C=O) groups is 1. The van der Waals surface area contributed by atoms with Crippen molar-refractivity contribution in [2.45, 2.75) is 37.4 Å². The van der Waals surface area contributed by atoms with Crippen molar-refractivity contribution in [1.82, 2.24) is 14.8 Å². The number of anilines is 1. The summed E-state index contributed by atoms with van der Waals surface area (Å²) in [5, 5.41) is 22.9. The van der Waals surface area contributed by atoms with E-state index in [9.17, 15) is 14.9 Å². The van der Waals surface area contributed by atoms with Crippen LogP contribution in [-0.4, -0.2) is 31.3 Å². The van der Waals surface area contributed by atoms with E-state index in [0.29, 0.717) is 16.1 Å². The molecule has 1 saturated carbocycles. The van der Waals surface area contributed by atoms with Gasteiger partial charge in [-0.05, 0) is 31.9 Å². The van der Waals surface area contributed by atoms with Crippen molar-refractivity contribution in [3.63, 3.8) is 0 Å². The highest BCUT2D eigenvalue weighted by atomic mass is 35.5. The van der Waals surface area contributed by atoms with Gasteiger partial charge in [0.25, 0.3) is 5.69 Å². The number of thioether (sulfide) groups is 1. The predicted molar refractivity (Wildman–Crippen MR) is 95.1 cm³/mol. The van der Waals surface area contributed by atoms with E-state index >= 15 is 0 Å². The van der Waals surface area contributed by atoms with E-state index in [-0.39, 0.29) is 23.0 Å². The third-order valence-corrected chi connectivity index (χ3v) is 4.97. The van der Waals surface area contributed by atoms with E-state index in [4.69, 9.17) is 11.6 Å². The van der Waals surface area contributed by atoms with E-state index in [2.05, 4.69) is 15.5 Å². The van der Waals surface area contributed by atoms with Crippen molar-refractivity contribution in [3.05, 3.63) is 39.2 Å². The molecular weight excluding hydrogens is 366 g/mol. The van der Waals surface area contributed by atoms with Gasteiger partial charge in [-0.25, -0.2) is 0 Å². The van der Waals surface area contributed by atoms with Crippen molar-refractivity contribution in [2.24, 2.45) is 0 Å². The number of nitro benzene ring substituents is 1. The number of aromatic nitrogens is 3. The van der Waals surface area contributed by atoms with Gasteiger partial charge in [0.05, 0.1) is 10.7 Å². The molecule has 1 amide bonds. The standard InChI is InChI=1S/C15H16ClN5O3S/c1-2-20-14(9-3-4-9)18-19-15(20)25-8-13(22)17-11-7-10(16)5-6-12(11)21(23)24/h5-7,9H,2-4,8H2,1H3,(H,17,22). The normalized spacial score (nSPS) is 13.7. The molecule has 1 aliphatic carbocycles. The van der Waals surface area contributed by atoms with Gasteiger partial charge in [-0.2, -0.15) is 0 Å². The minimum atomic E-state index is -0.561. The highest BCUT2D eigenvalue weighted by Gasteiger charge is 2.30. The molecule has 1 fully saturated rings. The predicted octanol–water partition coefficient (Wildman–Crippen LogP) is 3.47. The lowest BCUT2D eigenvalue weighted by atomic mass is 10.2. The minimum Gasteiger partial charge on any atom is -0.320 e. The molecule has 1 aromatic carbocycles. The van der Waals surface area contributed by atoms with Crippen molar-refractivity contribution >= 4 is 40.6 Å². The fraction of sp³-hybridized carbons (Fsp3) is 0.400. The number of nitrogens with one attached hydrogen (secondary N) is 1. The molecule has 0 saturated heterocycles. The molecular formula is C15H16ClN5O3S. The Hall–Kier alpha value is -2.13. The Morgan fingerprint density at radius 3 is 2.88 bits per heavy atom. The summed E-state index contributed by atoms with van der Waals surface area (Å²) in [5.41, 5.74) is -0.116. The van der Waals surface area contributed by atoms with Crippen LogP contribution in [0.4, 0.5) is 11.4 Å². The smallest absolute Gasteiger partial charge is 0.292 e. The summed E-state index contributed by atoms with van der Waals surface area (Å²) in [5.74, 6) is 1.15. The van der Waals surface area contributed by atoms with Crippen LogP contribution in [0.5, 0.6) is 0 Å². The molecule has 132 valence electrons. The SMILES string of the molecule is CCn1c(SCC(=O)Nc2cc(Cl)ccc2[N+](=O)[O-])nnc1C1CC1. The first-order valence-electron chi connectivity index (χ1n) is 7.79. The summed E-state index contributed by atoms with van der Waals surface area (Å²) < 4.78 is 2.01. The molecule has 3 rings (SSSR count). The van der Waals surface area contributed by atoms with Gasteiger partial charge in [-0.3, -0.25) is 14.9 Å².